The molecule has 0 radical (unpaired) electrons. The molecule has 1 aliphatic heterocycles. The Morgan fingerprint density at radius 1 is 1.54 bits per heavy atom. The topological polar surface area (TPSA) is 32.7 Å². The van der Waals surface area contributed by atoms with E-state index >= 15 is 0 Å². The van der Waals surface area contributed by atoms with Gasteiger partial charge in [0.25, 0.3) is 0 Å². The van der Waals surface area contributed by atoms with E-state index in [9.17, 15) is 5.11 Å². The van der Waals surface area contributed by atoms with Gasteiger partial charge in [-0.15, -0.1) is 0 Å². The van der Waals surface area contributed by atoms with Crippen molar-refractivity contribution in [3.63, 3.8) is 0 Å². The lowest BCUT2D eigenvalue weighted by Crippen LogP contribution is -2.47. The molecule has 1 aliphatic rings. The molecule has 0 aromatic heterocycles. The molecule has 1 rings (SSSR count). The molecule has 1 heterocycles. The molecule has 0 aliphatic carbocycles. The first-order valence-electron chi connectivity index (χ1n) is 4.85. The Labute approximate surface area is 80.7 Å². The van der Waals surface area contributed by atoms with Crippen LogP contribution in [0.1, 0.15) is 27.2 Å². The molecule has 1 atom stereocenters. The van der Waals surface area contributed by atoms with Gasteiger partial charge in [-0.2, -0.15) is 0 Å². The predicted molar refractivity (Wildman–Crippen MR) is 52.8 cm³/mol. The van der Waals surface area contributed by atoms with E-state index < -0.39 is 0 Å². The van der Waals surface area contributed by atoms with Crippen LogP contribution >= 0.6 is 0 Å². The van der Waals surface area contributed by atoms with E-state index in [1.54, 1.807) is 7.11 Å². The molecular weight excluding hydrogens is 166 g/mol. The van der Waals surface area contributed by atoms with Gasteiger partial charge < -0.3 is 9.84 Å². The Balaban J connectivity index is 2.59. The molecule has 0 aromatic carbocycles. The van der Waals surface area contributed by atoms with Crippen molar-refractivity contribution < 1.29 is 9.84 Å². The SMILES string of the molecule is COC1(C)CCN(C(C)(C)CO)C1. The number of aliphatic hydroxyl groups is 1. The maximum absolute atomic E-state index is 9.21. The van der Waals surface area contributed by atoms with E-state index in [1.165, 1.54) is 0 Å². The van der Waals surface area contributed by atoms with Crippen LogP contribution in [0.4, 0.5) is 0 Å². The van der Waals surface area contributed by atoms with Gasteiger partial charge in [0.2, 0.25) is 0 Å². The monoisotopic (exact) mass is 187 g/mol. The fraction of sp³-hybridized carbons (Fsp3) is 1.00. The Kier molecular flexibility index (Phi) is 3.00. The van der Waals surface area contributed by atoms with E-state index in [4.69, 9.17) is 4.74 Å². The molecule has 78 valence electrons. The van der Waals surface area contributed by atoms with Crippen molar-refractivity contribution >= 4 is 0 Å². The minimum absolute atomic E-state index is 0.0214. The van der Waals surface area contributed by atoms with Gasteiger partial charge in [-0.1, -0.05) is 0 Å². The number of ether oxygens (including phenoxy) is 1. The highest BCUT2D eigenvalue weighted by Crippen LogP contribution is 2.29. The number of nitrogens with zero attached hydrogens (tertiary/aromatic N) is 1. The van der Waals surface area contributed by atoms with Gasteiger partial charge in [0.05, 0.1) is 12.2 Å². The van der Waals surface area contributed by atoms with Gasteiger partial charge >= 0.3 is 0 Å². The summed E-state index contributed by atoms with van der Waals surface area (Å²) in [6.07, 6.45) is 1.05. The van der Waals surface area contributed by atoms with Gasteiger partial charge in [-0.05, 0) is 27.2 Å². The van der Waals surface area contributed by atoms with E-state index in [-0.39, 0.29) is 17.7 Å². The van der Waals surface area contributed by atoms with Crippen molar-refractivity contribution in [3.8, 4) is 0 Å². The Morgan fingerprint density at radius 3 is 2.54 bits per heavy atom. The second-order valence-corrected chi connectivity index (χ2v) is 4.80. The van der Waals surface area contributed by atoms with Gasteiger partial charge in [0.1, 0.15) is 0 Å². The maximum atomic E-state index is 9.21. The van der Waals surface area contributed by atoms with E-state index in [2.05, 4.69) is 25.7 Å². The zero-order valence-electron chi connectivity index (χ0n) is 9.13. The van der Waals surface area contributed by atoms with Crippen molar-refractivity contribution in [3.05, 3.63) is 0 Å². The van der Waals surface area contributed by atoms with Gasteiger partial charge in [0.15, 0.2) is 0 Å². The lowest BCUT2D eigenvalue weighted by Gasteiger charge is -2.34. The highest BCUT2D eigenvalue weighted by molar-refractivity contribution is 4.94. The molecular formula is C10H21NO2. The number of hydrogen-bond acceptors (Lipinski definition) is 3. The standard InChI is InChI=1S/C10H21NO2/c1-9(2,8-12)11-6-5-10(3,7-11)13-4/h12H,5-8H2,1-4H3. The number of methoxy groups -OCH3 is 1. The van der Waals surface area contributed by atoms with Crippen LogP contribution in [-0.2, 0) is 4.74 Å². The van der Waals surface area contributed by atoms with Crippen molar-refractivity contribution in [1.82, 2.24) is 4.90 Å². The molecule has 1 N–H and O–H groups in total. The van der Waals surface area contributed by atoms with Crippen molar-refractivity contribution in [1.29, 1.82) is 0 Å². The Hall–Kier alpha value is -0.120. The smallest absolute Gasteiger partial charge is 0.0789 e. The first-order valence-corrected chi connectivity index (χ1v) is 4.85. The van der Waals surface area contributed by atoms with Crippen LogP contribution in [-0.4, -0.2) is 48.0 Å². The third kappa shape index (κ3) is 2.22. The quantitative estimate of drug-likeness (QED) is 0.711. The van der Waals surface area contributed by atoms with Crippen LogP contribution in [0.5, 0.6) is 0 Å². The van der Waals surface area contributed by atoms with Crippen LogP contribution in [0.3, 0.4) is 0 Å². The Bertz CT molecular complexity index is 182. The van der Waals surface area contributed by atoms with Gasteiger partial charge in [-0.25, -0.2) is 0 Å². The number of rotatable bonds is 3. The second-order valence-electron chi connectivity index (χ2n) is 4.80. The normalized spacial score (nSPS) is 31.2. The zero-order valence-corrected chi connectivity index (χ0v) is 9.13. The highest BCUT2D eigenvalue weighted by atomic mass is 16.5. The summed E-state index contributed by atoms with van der Waals surface area (Å²) in [7, 11) is 1.76. The van der Waals surface area contributed by atoms with Crippen molar-refractivity contribution in [2.45, 2.75) is 38.3 Å². The number of aliphatic hydroxyl groups excluding tert-OH is 1. The van der Waals surface area contributed by atoms with Crippen LogP contribution in [0.25, 0.3) is 0 Å². The van der Waals surface area contributed by atoms with Crippen molar-refractivity contribution in [2.24, 2.45) is 0 Å². The van der Waals surface area contributed by atoms with Crippen molar-refractivity contribution in [2.75, 3.05) is 26.8 Å². The lowest BCUT2D eigenvalue weighted by atomic mass is 10.0. The number of likely N-dealkylation sites (tertiary alicyclic amines) is 1. The summed E-state index contributed by atoms with van der Waals surface area (Å²) in [5.74, 6) is 0. The van der Waals surface area contributed by atoms with Crippen LogP contribution in [0.15, 0.2) is 0 Å². The third-order valence-corrected chi connectivity index (χ3v) is 3.17. The molecule has 0 spiro atoms. The largest absolute Gasteiger partial charge is 0.394 e. The molecule has 0 bridgehead atoms. The highest BCUT2D eigenvalue weighted by Gasteiger charge is 2.39. The molecule has 0 aromatic rings. The predicted octanol–water partition coefficient (Wildman–Crippen LogP) is 0.868. The minimum Gasteiger partial charge on any atom is -0.394 e. The molecule has 3 nitrogen and oxygen atoms in total. The fourth-order valence-electron chi connectivity index (χ4n) is 1.72. The summed E-state index contributed by atoms with van der Waals surface area (Å²) in [5.41, 5.74) is -0.136. The van der Waals surface area contributed by atoms with Crippen LogP contribution in [0, 0.1) is 0 Å². The fourth-order valence-corrected chi connectivity index (χ4v) is 1.72. The van der Waals surface area contributed by atoms with E-state index in [1.807, 2.05) is 0 Å². The molecule has 13 heavy (non-hydrogen) atoms. The third-order valence-electron chi connectivity index (χ3n) is 3.17. The first kappa shape index (κ1) is 11.0. The summed E-state index contributed by atoms with van der Waals surface area (Å²) in [6.45, 7) is 8.38. The van der Waals surface area contributed by atoms with E-state index in [0.29, 0.717) is 0 Å². The van der Waals surface area contributed by atoms with Crippen LogP contribution in [0.2, 0.25) is 0 Å². The first-order chi connectivity index (χ1) is 5.93. The van der Waals surface area contributed by atoms with E-state index in [0.717, 1.165) is 19.5 Å². The summed E-state index contributed by atoms with van der Waals surface area (Å²) in [5, 5.41) is 9.21. The zero-order chi connectivity index (χ0) is 10.1. The molecule has 0 saturated carbocycles. The molecule has 1 unspecified atom stereocenters. The molecule has 3 heteroatoms. The Morgan fingerprint density at radius 2 is 2.15 bits per heavy atom. The number of hydrogen-bond donors (Lipinski definition) is 1. The van der Waals surface area contributed by atoms with Gasteiger partial charge in [-0.3, -0.25) is 4.90 Å². The summed E-state index contributed by atoms with van der Waals surface area (Å²) >= 11 is 0. The molecule has 0 amide bonds. The van der Waals surface area contributed by atoms with Crippen LogP contribution < -0.4 is 0 Å². The molecule has 1 saturated heterocycles. The lowest BCUT2D eigenvalue weighted by molar-refractivity contribution is -0.00345. The minimum atomic E-state index is -0.115. The average Bonchev–Trinajstić information content (AvgIpc) is 2.50. The summed E-state index contributed by atoms with van der Waals surface area (Å²) in [6, 6.07) is 0. The molecule has 1 fully saturated rings. The average molecular weight is 187 g/mol. The summed E-state index contributed by atoms with van der Waals surface area (Å²) in [4.78, 5) is 2.29. The second kappa shape index (κ2) is 3.56. The summed E-state index contributed by atoms with van der Waals surface area (Å²) < 4.78 is 5.45. The van der Waals surface area contributed by atoms with Gasteiger partial charge in [0, 0.05) is 25.7 Å². The maximum Gasteiger partial charge on any atom is 0.0789 e.